The van der Waals surface area contributed by atoms with E-state index in [1.807, 2.05) is 4.90 Å². The Hall–Kier alpha value is -2.74. The Kier molecular flexibility index (Phi) is 5.39. The Labute approximate surface area is 146 Å². The van der Waals surface area contributed by atoms with Gasteiger partial charge in [-0.25, -0.2) is 9.78 Å². The molecule has 0 radical (unpaired) electrons. The molecule has 8 heteroatoms. The fraction of sp³-hybridized carbons (Fsp3) is 0.412. The minimum Gasteiger partial charge on any atom is -0.462 e. The van der Waals surface area contributed by atoms with Crippen LogP contribution in [0.3, 0.4) is 0 Å². The zero-order valence-corrected chi connectivity index (χ0v) is 14.4. The van der Waals surface area contributed by atoms with Crippen molar-refractivity contribution in [2.24, 2.45) is 0 Å². The summed E-state index contributed by atoms with van der Waals surface area (Å²) in [5.74, 6) is 0.564. The lowest BCUT2D eigenvalue weighted by Crippen LogP contribution is -2.37. The fourth-order valence-electron chi connectivity index (χ4n) is 2.57. The van der Waals surface area contributed by atoms with E-state index in [9.17, 15) is 4.79 Å². The van der Waals surface area contributed by atoms with Crippen LogP contribution in [0.1, 0.15) is 23.0 Å². The van der Waals surface area contributed by atoms with E-state index < -0.39 is 5.97 Å². The average Bonchev–Trinajstić information content (AvgIpc) is 2.63. The molecule has 0 spiro atoms. The van der Waals surface area contributed by atoms with Gasteiger partial charge in [0.25, 0.3) is 0 Å². The molecule has 1 aliphatic rings. The van der Waals surface area contributed by atoms with E-state index >= 15 is 0 Å². The van der Waals surface area contributed by atoms with Gasteiger partial charge >= 0.3 is 5.97 Å². The molecule has 1 fully saturated rings. The summed E-state index contributed by atoms with van der Waals surface area (Å²) in [6.07, 6.45) is 3.34. The summed E-state index contributed by atoms with van der Waals surface area (Å²) in [6.45, 7) is 6.55. The van der Waals surface area contributed by atoms with Gasteiger partial charge in [-0.1, -0.05) is 0 Å². The molecule has 0 aliphatic carbocycles. The Bertz CT molecular complexity index is 733. The first-order chi connectivity index (χ1) is 12.2. The summed E-state index contributed by atoms with van der Waals surface area (Å²) in [6, 6.07) is 3.61. The van der Waals surface area contributed by atoms with Crippen LogP contribution < -0.4 is 10.2 Å². The molecule has 0 unspecified atom stereocenters. The minimum atomic E-state index is -0.440. The average molecular weight is 343 g/mol. The maximum absolute atomic E-state index is 12.4. The molecule has 0 amide bonds. The van der Waals surface area contributed by atoms with Gasteiger partial charge in [0.1, 0.15) is 5.56 Å². The van der Waals surface area contributed by atoms with Crippen molar-refractivity contribution in [1.29, 1.82) is 0 Å². The van der Waals surface area contributed by atoms with Crippen LogP contribution in [0, 0.1) is 6.92 Å². The summed E-state index contributed by atoms with van der Waals surface area (Å²) in [7, 11) is 0. The summed E-state index contributed by atoms with van der Waals surface area (Å²) in [4.78, 5) is 27.5. The van der Waals surface area contributed by atoms with Gasteiger partial charge in [-0.15, -0.1) is 0 Å². The third-order valence-electron chi connectivity index (χ3n) is 3.79. The highest BCUT2D eigenvalue weighted by molar-refractivity contribution is 5.96. The van der Waals surface area contributed by atoms with Crippen LogP contribution in [-0.4, -0.2) is 53.8 Å². The third kappa shape index (κ3) is 4.03. The van der Waals surface area contributed by atoms with Gasteiger partial charge in [-0.3, -0.25) is 4.98 Å². The highest BCUT2D eigenvalue weighted by Gasteiger charge is 2.23. The molecule has 0 saturated carbocycles. The van der Waals surface area contributed by atoms with Crippen molar-refractivity contribution in [3.8, 4) is 0 Å². The van der Waals surface area contributed by atoms with Gasteiger partial charge in [0, 0.05) is 31.2 Å². The summed E-state index contributed by atoms with van der Waals surface area (Å²) in [5.41, 5.74) is 1.70. The van der Waals surface area contributed by atoms with Crippen molar-refractivity contribution in [2.75, 3.05) is 43.1 Å². The van der Waals surface area contributed by atoms with E-state index in [1.165, 1.54) is 0 Å². The molecule has 25 heavy (non-hydrogen) atoms. The number of anilines is 3. The number of esters is 1. The second-order valence-electron chi connectivity index (χ2n) is 5.51. The van der Waals surface area contributed by atoms with Gasteiger partial charge in [0.2, 0.25) is 5.95 Å². The summed E-state index contributed by atoms with van der Waals surface area (Å²) in [5, 5.41) is 3.18. The molecule has 132 valence electrons. The molecular formula is C17H21N5O3. The highest BCUT2D eigenvalue weighted by Crippen LogP contribution is 2.25. The number of hydrogen-bond donors (Lipinski definition) is 1. The number of morpholine rings is 1. The van der Waals surface area contributed by atoms with Gasteiger partial charge in [-0.05, 0) is 26.0 Å². The van der Waals surface area contributed by atoms with Crippen LogP contribution in [0.25, 0.3) is 0 Å². The smallest absolute Gasteiger partial charge is 0.343 e. The zero-order valence-electron chi connectivity index (χ0n) is 14.4. The number of carbonyl (C=O) groups excluding carboxylic acids is 1. The summed E-state index contributed by atoms with van der Waals surface area (Å²) < 4.78 is 10.5. The SMILES string of the molecule is CCOC(=O)c1c(C)nc(N2CCOCC2)nc1Nc1ccncc1. The van der Waals surface area contributed by atoms with Gasteiger partial charge in [0.15, 0.2) is 5.82 Å². The molecule has 0 bridgehead atoms. The molecule has 1 saturated heterocycles. The Morgan fingerprint density at radius 1 is 1.28 bits per heavy atom. The normalized spacial score (nSPS) is 14.2. The number of ether oxygens (including phenoxy) is 2. The van der Waals surface area contributed by atoms with Crippen molar-refractivity contribution < 1.29 is 14.3 Å². The van der Waals surface area contributed by atoms with E-state index in [0.717, 1.165) is 5.69 Å². The predicted molar refractivity (Wildman–Crippen MR) is 93.3 cm³/mol. The monoisotopic (exact) mass is 343 g/mol. The van der Waals surface area contributed by atoms with Crippen LogP contribution in [0.4, 0.5) is 17.5 Å². The zero-order chi connectivity index (χ0) is 17.6. The van der Waals surface area contributed by atoms with E-state index in [0.29, 0.717) is 49.3 Å². The van der Waals surface area contributed by atoms with Gasteiger partial charge in [0.05, 0.1) is 25.5 Å². The fourth-order valence-corrected chi connectivity index (χ4v) is 2.57. The molecule has 1 aliphatic heterocycles. The van der Waals surface area contributed by atoms with Crippen LogP contribution in [0.5, 0.6) is 0 Å². The Morgan fingerprint density at radius 2 is 2.00 bits per heavy atom. The molecule has 2 aromatic rings. The molecule has 0 atom stereocenters. The van der Waals surface area contributed by atoms with Crippen LogP contribution in [-0.2, 0) is 9.47 Å². The largest absolute Gasteiger partial charge is 0.462 e. The molecule has 8 nitrogen and oxygen atoms in total. The first-order valence-corrected chi connectivity index (χ1v) is 8.24. The van der Waals surface area contributed by atoms with E-state index in [1.54, 1.807) is 38.4 Å². The number of aromatic nitrogens is 3. The molecule has 2 aromatic heterocycles. The van der Waals surface area contributed by atoms with E-state index in [-0.39, 0.29) is 6.61 Å². The van der Waals surface area contributed by atoms with Crippen LogP contribution >= 0.6 is 0 Å². The standard InChI is InChI=1S/C17H21N5O3/c1-3-25-16(23)14-12(2)19-17(22-8-10-24-11-9-22)21-15(14)20-13-4-6-18-7-5-13/h4-7H,3,8-11H2,1-2H3,(H,18,19,20,21). The van der Waals surface area contributed by atoms with Crippen LogP contribution in [0.15, 0.2) is 24.5 Å². The van der Waals surface area contributed by atoms with Crippen molar-refractivity contribution in [3.63, 3.8) is 0 Å². The van der Waals surface area contributed by atoms with E-state index in [4.69, 9.17) is 9.47 Å². The van der Waals surface area contributed by atoms with Crippen molar-refractivity contribution in [3.05, 3.63) is 35.8 Å². The molecular weight excluding hydrogens is 322 g/mol. The quantitative estimate of drug-likeness (QED) is 0.824. The maximum atomic E-state index is 12.4. The number of carbonyl (C=O) groups is 1. The maximum Gasteiger partial charge on any atom is 0.343 e. The lowest BCUT2D eigenvalue weighted by Gasteiger charge is -2.27. The van der Waals surface area contributed by atoms with E-state index in [2.05, 4.69) is 20.3 Å². The number of hydrogen-bond acceptors (Lipinski definition) is 8. The second-order valence-corrected chi connectivity index (χ2v) is 5.51. The van der Waals surface area contributed by atoms with Gasteiger partial charge < -0.3 is 19.7 Å². The molecule has 3 rings (SSSR count). The lowest BCUT2D eigenvalue weighted by atomic mass is 10.2. The number of nitrogens with zero attached hydrogens (tertiary/aromatic N) is 4. The first-order valence-electron chi connectivity index (χ1n) is 8.24. The Balaban J connectivity index is 1.99. The highest BCUT2D eigenvalue weighted by atomic mass is 16.5. The van der Waals surface area contributed by atoms with Crippen molar-refractivity contribution in [1.82, 2.24) is 15.0 Å². The van der Waals surface area contributed by atoms with Crippen molar-refractivity contribution >= 4 is 23.4 Å². The number of pyridine rings is 1. The molecule has 1 N–H and O–H groups in total. The lowest BCUT2D eigenvalue weighted by molar-refractivity contribution is 0.0525. The van der Waals surface area contributed by atoms with Gasteiger partial charge in [-0.2, -0.15) is 4.98 Å². The minimum absolute atomic E-state index is 0.290. The summed E-state index contributed by atoms with van der Waals surface area (Å²) >= 11 is 0. The predicted octanol–water partition coefficient (Wildman–Crippen LogP) is 1.94. The number of rotatable bonds is 5. The van der Waals surface area contributed by atoms with Crippen LogP contribution in [0.2, 0.25) is 0 Å². The third-order valence-corrected chi connectivity index (χ3v) is 3.79. The van der Waals surface area contributed by atoms with Crippen molar-refractivity contribution in [2.45, 2.75) is 13.8 Å². The number of aryl methyl sites for hydroxylation is 1. The Morgan fingerprint density at radius 3 is 2.68 bits per heavy atom. The first kappa shape index (κ1) is 17.1. The number of nitrogens with one attached hydrogen (secondary N) is 1. The topological polar surface area (TPSA) is 89.5 Å². The molecule has 0 aromatic carbocycles. The second kappa shape index (κ2) is 7.89. The molecule has 3 heterocycles.